The van der Waals surface area contributed by atoms with Gasteiger partial charge in [-0.25, -0.2) is 0 Å². The molecule has 0 bridgehead atoms. The van der Waals surface area contributed by atoms with Gasteiger partial charge in [0.05, 0.1) is 12.6 Å². The SMILES string of the molecule is CCc1ccc(C2CCCN2S(=O)(=O)N2CCCOCC2)o1. The van der Waals surface area contributed by atoms with Crippen molar-refractivity contribution >= 4 is 10.2 Å². The first kappa shape index (κ1) is 16.0. The van der Waals surface area contributed by atoms with E-state index in [2.05, 4.69) is 0 Å². The highest BCUT2D eigenvalue weighted by Gasteiger charge is 2.40. The Labute approximate surface area is 132 Å². The Morgan fingerprint density at radius 2 is 2.05 bits per heavy atom. The van der Waals surface area contributed by atoms with E-state index in [0.717, 1.165) is 37.2 Å². The van der Waals surface area contributed by atoms with Gasteiger partial charge in [0.1, 0.15) is 11.5 Å². The molecule has 1 unspecified atom stereocenters. The molecule has 1 aromatic rings. The lowest BCUT2D eigenvalue weighted by Crippen LogP contribution is -2.44. The zero-order valence-corrected chi connectivity index (χ0v) is 13.8. The van der Waals surface area contributed by atoms with Gasteiger partial charge in [0.25, 0.3) is 10.2 Å². The van der Waals surface area contributed by atoms with Gasteiger partial charge in [-0.3, -0.25) is 0 Å². The van der Waals surface area contributed by atoms with Crippen LogP contribution in [0.25, 0.3) is 0 Å². The minimum absolute atomic E-state index is 0.172. The first-order valence-electron chi connectivity index (χ1n) is 8.06. The Balaban J connectivity index is 1.81. The molecule has 0 aromatic carbocycles. The zero-order chi connectivity index (χ0) is 15.6. The van der Waals surface area contributed by atoms with E-state index < -0.39 is 10.2 Å². The van der Waals surface area contributed by atoms with E-state index in [-0.39, 0.29) is 6.04 Å². The maximum Gasteiger partial charge on any atom is 0.282 e. The third-order valence-electron chi connectivity index (χ3n) is 4.37. The highest BCUT2D eigenvalue weighted by atomic mass is 32.2. The maximum atomic E-state index is 13.0. The van der Waals surface area contributed by atoms with Crippen LogP contribution in [0.2, 0.25) is 0 Å². The molecule has 6 nitrogen and oxygen atoms in total. The molecule has 2 aliphatic heterocycles. The lowest BCUT2D eigenvalue weighted by molar-refractivity contribution is 0.147. The van der Waals surface area contributed by atoms with Crippen LogP contribution in [-0.4, -0.2) is 49.9 Å². The Morgan fingerprint density at radius 1 is 1.18 bits per heavy atom. The molecule has 0 N–H and O–H groups in total. The molecule has 7 heteroatoms. The van der Waals surface area contributed by atoms with Crippen LogP contribution in [-0.2, 0) is 21.4 Å². The standard InChI is InChI=1S/C15H24N2O4S/c1-2-13-6-7-15(21-13)14-5-3-9-17(14)22(18,19)16-8-4-11-20-12-10-16/h6-7,14H,2-5,8-12H2,1H3. The Bertz CT molecular complexity index is 590. The normalized spacial score (nSPS) is 25.4. The van der Waals surface area contributed by atoms with Crippen LogP contribution in [0.3, 0.4) is 0 Å². The summed E-state index contributed by atoms with van der Waals surface area (Å²) in [6.45, 7) is 4.66. The fraction of sp³-hybridized carbons (Fsp3) is 0.733. The van der Waals surface area contributed by atoms with Gasteiger partial charge in [-0.15, -0.1) is 0 Å². The Morgan fingerprint density at radius 3 is 2.82 bits per heavy atom. The second-order valence-corrected chi connectivity index (χ2v) is 7.68. The van der Waals surface area contributed by atoms with Crippen LogP contribution >= 0.6 is 0 Å². The van der Waals surface area contributed by atoms with E-state index in [1.165, 1.54) is 0 Å². The molecule has 1 aromatic heterocycles. The quantitative estimate of drug-likeness (QED) is 0.847. The van der Waals surface area contributed by atoms with Gasteiger partial charge in [-0.05, 0) is 31.4 Å². The predicted molar refractivity (Wildman–Crippen MR) is 82.7 cm³/mol. The fourth-order valence-electron chi connectivity index (χ4n) is 3.17. The van der Waals surface area contributed by atoms with Crippen molar-refractivity contribution in [1.82, 2.24) is 8.61 Å². The summed E-state index contributed by atoms with van der Waals surface area (Å²) in [6.07, 6.45) is 3.26. The summed E-state index contributed by atoms with van der Waals surface area (Å²) in [5.41, 5.74) is 0. The molecule has 0 radical (unpaired) electrons. The maximum absolute atomic E-state index is 13.0. The average Bonchev–Trinajstić information content (AvgIpc) is 3.09. The van der Waals surface area contributed by atoms with Gasteiger partial charge >= 0.3 is 0 Å². The summed E-state index contributed by atoms with van der Waals surface area (Å²) in [4.78, 5) is 0. The molecular formula is C15H24N2O4S. The Hall–Kier alpha value is -0.890. The van der Waals surface area contributed by atoms with E-state index in [1.807, 2.05) is 19.1 Å². The van der Waals surface area contributed by atoms with Crippen LogP contribution in [0.1, 0.15) is 43.7 Å². The topological polar surface area (TPSA) is 63.0 Å². The molecular weight excluding hydrogens is 304 g/mol. The fourth-order valence-corrected chi connectivity index (χ4v) is 5.02. The number of furan rings is 1. The molecule has 0 spiro atoms. The molecule has 124 valence electrons. The summed E-state index contributed by atoms with van der Waals surface area (Å²) >= 11 is 0. The minimum atomic E-state index is -3.45. The lowest BCUT2D eigenvalue weighted by atomic mass is 10.2. The number of nitrogens with zero attached hydrogens (tertiary/aromatic N) is 2. The summed E-state index contributed by atoms with van der Waals surface area (Å²) in [5.74, 6) is 1.67. The molecule has 0 aliphatic carbocycles. The molecule has 2 aliphatic rings. The number of hydrogen-bond donors (Lipinski definition) is 0. The van der Waals surface area contributed by atoms with Gasteiger partial charge in [-0.1, -0.05) is 6.92 Å². The van der Waals surface area contributed by atoms with Crippen LogP contribution in [0.5, 0.6) is 0 Å². The summed E-state index contributed by atoms with van der Waals surface area (Å²) < 4.78 is 40.2. The number of rotatable bonds is 4. The van der Waals surface area contributed by atoms with Crippen molar-refractivity contribution < 1.29 is 17.6 Å². The van der Waals surface area contributed by atoms with Crippen LogP contribution in [0.4, 0.5) is 0 Å². The van der Waals surface area contributed by atoms with Gasteiger partial charge < -0.3 is 9.15 Å². The average molecular weight is 328 g/mol. The summed E-state index contributed by atoms with van der Waals surface area (Å²) in [7, 11) is -3.45. The first-order chi connectivity index (χ1) is 10.6. The third kappa shape index (κ3) is 3.08. The zero-order valence-electron chi connectivity index (χ0n) is 13.0. The minimum Gasteiger partial charge on any atom is -0.464 e. The van der Waals surface area contributed by atoms with Gasteiger partial charge in [0, 0.05) is 32.7 Å². The van der Waals surface area contributed by atoms with E-state index in [1.54, 1.807) is 8.61 Å². The van der Waals surface area contributed by atoms with Crippen LogP contribution < -0.4 is 0 Å². The lowest BCUT2D eigenvalue weighted by Gasteiger charge is -2.29. The number of ether oxygens (including phenoxy) is 1. The van der Waals surface area contributed by atoms with Gasteiger partial charge in [-0.2, -0.15) is 17.0 Å². The van der Waals surface area contributed by atoms with Crippen molar-refractivity contribution in [2.45, 2.75) is 38.6 Å². The third-order valence-corrected chi connectivity index (χ3v) is 6.41. The van der Waals surface area contributed by atoms with Crippen molar-refractivity contribution in [3.05, 3.63) is 23.7 Å². The molecule has 3 rings (SSSR count). The molecule has 0 amide bonds. The second kappa shape index (κ2) is 6.70. The molecule has 22 heavy (non-hydrogen) atoms. The second-order valence-electron chi connectivity index (χ2n) is 5.80. The van der Waals surface area contributed by atoms with Crippen LogP contribution in [0, 0.1) is 0 Å². The van der Waals surface area contributed by atoms with Gasteiger partial charge in [0.2, 0.25) is 0 Å². The number of aryl methyl sites for hydroxylation is 1. The smallest absolute Gasteiger partial charge is 0.282 e. The van der Waals surface area contributed by atoms with E-state index in [9.17, 15) is 8.42 Å². The van der Waals surface area contributed by atoms with E-state index in [0.29, 0.717) is 32.8 Å². The van der Waals surface area contributed by atoms with Crippen molar-refractivity contribution in [3.8, 4) is 0 Å². The van der Waals surface area contributed by atoms with Crippen LogP contribution in [0.15, 0.2) is 16.5 Å². The van der Waals surface area contributed by atoms with Crippen molar-refractivity contribution in [1.29, 1.82) is 0 Å². The highest BCUT2D eigenvalue weighted by molar-refractivity contribution is 7.86. The molecule has 2 fully saturated rings. The Kier molecular flexibility index (Phi) is 4.87. The van der Waals surface area contributed by atoms with E-state index >= 15 is 0 Å². The molecule has 0 saturated carbocycles. The highest BCUT2D eigenvalue weighted by Crippen LogP contribution is 2.36. The summed E-state index contributed by atoms with van der Waals surface area (Å²) in [6, 6.07) is 3.69. The largest absolute Gasteiger partial charge is 0.464 e. The van der Waals surface area contributed by atoms with E-state index in [4.69, 9.17) is 9.15 Å². The van der Waals surface area contributed by atoms with Gasteiger partial charge in [0.15, 0.2) is 0 Å². The monoisotopic (exact) mass is 328 g/mol. The molecule has 3 heterocycles. The molecule has 1 atom stereocenters. The first-order valence-corrected chi connectivity index (χ1v) is 9.46. The predicted octanol–water partition coefficient (Wildman–Crippen LogP) is 1.95. The summed E-state index contributed by atoms with van der Waals surface area (Å²) in [5, 5.41) is 0. The van der Waals surface area contributed by atoms with Crippen molar-refractivity contribution in [2.24, 2.45) is 0 Å². The number of hydrogen-bond acceptors (Lipinski definition) is 4. The molecule has 2 saturated heterocycles. The van der Waals surface area contributed by atoms with Crippen molar-refractivity contribution in [2.75, 3.05) is 32.8 Å². The van der Waals surface area contributed by atoms with Crippen molar-refractivity contribution in [3.63, 3.8) is 0 Å².